The van der Waals surface area contributed by atoms with Gasteiger partial charge in [-0.15, -0.1) is 6.42 Å². The van der Waals surface area contributed by atoms with Crippen LogP contribution >= 0.6 is 0 Å². The Kier molecular flexibility index (Phi) is 432. The van der Waals surface area contributed by atoms with Crippen LogP contribution in [0.1, 0.15) is 13.8 Å². The van der Waals surface area contributed by atoms with Gasteiger partial charge in [-0.1, -0.05) is 0 Å². The third-order valence-corrected chi connectivity index (χ3v) is 0.772. The Bertz CT molecular complexity index is 247. The molecule has 0 spiro atoms. The van der Waals surface area contributed by atoms with Gasteiger partial charge < -0.3 is 9.47 Å². The number of rotatable bonds is 4. The van der Waals surface area contributed by atoms with E-state index < -0.39 is 6.29 Å². The first-order valence-corrected chi connectivity index (χ1v) is 4.27. The second kappa shape index (κ2) is 173. The molecule has 0 aliphatic carbocycles. The molecule has 0 aliphatic heterocycles. The van der Waals surface area contributed by atoms with Crippen molar-refractivity contribution in [1.82, 2.24) is 0 Å². The van der Waals surface area contributed by atoms with E-state index in [1.165, 1.54) is 0 Å². The summed E-state index contributed by atoms with van der Waals surface area (Å²) in [6.45, 7) is 31.9. The van der Waals surface area contributed by atoms with Crippen molar-refractivity contribution in [2.24, 2.45) is 0 Å². The summed E-state index contributed by atoms with van der Waals surface area (Å²) in [6, 6.07) is 0. The minimum Gasteiger partial charge on any atom is 0 e. The maximum Gasteiger partial charge on any atom is 0 e. The molecule has 0 bridgehead atoms. The Hall–Kier alpha value is -1.07. The number of hydrogen-bond acceptors (Lipinski definition) is 2. The van der Waals surface area contributed by atoms with Crippen LogP contribution in [0, 0.1) is 52.2 Å². The third-order valence-electron chi connectivity index (χ3n) is 0.772. The monoisotopic (exact) mass is 414 g/mol. The van der Waals surface area contributed by atoms with Crippen LogP contribution in [-0.2, 0) is 70.9 Å². The van der Waals surface area contributed by atoms with Crippen molar-refractivity contribution >= 4 is 0 Å². The number of terminal acetylenes is 1. The molecule has 130 valence electrons. The second-order valence-electron chi connectivity index (χ2n) is 1.41. The van der Waals surface area contributed by atoms with Crippen LogP contribution in [0.25, 0.3) is 0 Å². The summed E-state index contributed by atoms with van der Waals surface area (Å²) < 4.78 is 54.9. The van der Waals surface area contributed by atoms with Gasteiger partial charge in [0, 0.05) is 46.8 Å². The molecule has 0 fully saturated rings. The maximum atomic E-state index is 7.50. The second-order valence-corrected chi connectivity index (χ2v) is 1.41. The van der Waals surface area contributed by atoms with E-state index >= 15 is 0 Å². The van der Waals surface area contributed by atoms with E-state index in [4.69, 9.17) is 43.8 Å². The Morgan fingerprint density at radius 3 is 0.957 bits per heavy atom. The topological polar surface area (TPSA) is 138 Å². The standard InChI is InChI=1S/C7H12O2.6CO.2Co/c1-4-7(8-5-2)9-6-3;6*1-2;;/h1,7H,5-6H2,2-3H3;;;;;;;;. The Morgan fingerprint density at radius 1 is 0.696 bits per heavy atom. The predicted octanol–water partition coefficient (Wildman–Crippen LogP) is 0.789. The van der Waals surface area contributed by atoms with Crippen molar-refractivity contribution < 1.29 is 70.9 Å². The first kappa shape index (κ1) is 57.5. The van der Waals surface area contributed by atoms with Crippen LogP contribution in [0.2, 0.25) is 0 Å². The summed E-state index contributed by atoms with van der Waals surface area (Å²) in [5.74, 6) is 2.36. The normalized spacial score (nSPS) is 4.26. The van der Waals surface area contributed by atoms with E-state index in [-0.39, 0.29) is 33.6 Å². The van der Waals surface area contributed by atoms with Gasteiger partial charge in [0.2, 0.25) is 6.29 Å². The van der Waals surface area contributed by atoms with Gasteiger partial charge in [-0.3, -0.25) is 0 Å². The van der Waals surface area contributed by atoms with Gasteiger partial charge in [0.15, 0.2) is 0 Å². The van der Waals surface area contributed by atoms with E-state index in [1.807, 2.05) is 13.8 Å². The zero-order valence-electron chi connectivity index (χ0n) is 12.0. The maximum absolute atomic E-state index is 7.50. The Morgan fingerprint density at radius 2 is 0.870 bits per heavy atom. The third kappa shape index (κ3) is 156. The van der Waals surface area contributed by atoms with Crippen molar-refractivity contribution in [3.8, 4) is 12.3 Å². The molecular weight excluding hydrogens is 402 g/mol. The minimum atomic E-state index is -0.458. The Balaban J connectivity index is -0.0000000171. The molecule has 2 radical (unpaired) electrons. The van der Waals surface area contributed by atoms with Crippen molar-refractivity contribution in [1.29, 1.82) is 0 Å². The molecule has 8 nitrogen and oxygen atoms in total. The molecule has 0 amide bonds. The fourth-order valence-electron chi connectivity index (χ4n) is 0.447. The van der Waals surface area contributed by atoms with Crippen molar-refractivity contribution in [3.63, 3.8) is 0 Å². The molecule has 0 rings (SSSR count). The van der Waals surface area contributed by atoms with E-state index in [1.54, 1.807) is 0 Å². The molecule has 0 heterocycles. The van der Waals surface area contributed by atoms with Gasteiger partial charge in [-0.25, -0.2) is 0 Å². The summed E-state index contributed by atoms with van der Waals surface area (Å²) in [5.41, 5.74) is 0. The summed E-state index contributed by atoms with van der Waals surface area (Å²) in [7, 11) is 0. The van der Waals surface area contributed by atoms with Crippen LogP contribution < -0.4 is 0 Å². The van der Waals surface area contributed by atoms with Crippen molar-refractivity contribution in [2.75, 3.05) is 13.2 Å². The predicted molar refractivity (Wildman–Crippen MR) is 59.5 cm³/mol. The molecule has 0 atom stereocenters. The molecule has 0 N–H and O–H groups in total. The largest absolute Gasteiger partial charge is 0 e. The zero-order chi connectivity index (χ0) is 19.1. The van der Waals surface area contributed by atoms with Gasteiger partial charge in [0.25, 0.3) is 0 Å². The SMILES string of the molecule is C#CC(OCC)OCC.[C-]#[O+].[C-]#[O+].[C-]#[O+].[C-]#[O+].[C-]#[O+].[C-]#[O+].[Co].[Co]. The first-order chi connectivity index (χ1) is 10.3. The number of hydrogen-bond donors (Lipinski definition) is 0. The summed E-state index contributed by atoms with van der Waals surface area (Å²) >= 11 is 0. The van der Waals surface area contributed by atoms with E-state index in [0.717, 1.165) is 0 Å². The van der Waals surface area contributed by atoms with Crippen LogP contribution in [0.15, 0.2) is 0 Å². The van der Waals surface area contributed by atoms with Crippen LogP contribution in [-0.4, -0.2) is 19.5 Å². The molecule has 10 heteroatoms. The zero-order valence-corrected chi connectivity index (χ0v) is 14.1. The van der Waals surface area contributed by atoms with Crippen molar-refractivity contribution in [2.45, 2.75) is 20.1 Å². The first-order valence-electron chi connectivity index (χ1n) is 4.27. The number of ether oxygens (including phenoxy) is 2. The van der Waals surface area contributed by atoms with E-state index in [0.29, 0.717) is 13.2 Å². The Labute approximate surface area is 156 Å². The smallest absolute Gasteiger partial charge is 0 e. The van der Waals surface area contributed by atoms with Crippen LogP contribution in [0.4, 0.5) is 0 Å². The summed E-state index contributed by atoms with van der Waals surface area (Å²) in [4.78, 5) is 0. The fraction of sp³-hybridized carbons (Fsp3) is 0.385. The molecule has 0 unspecified atom stereocenters. The molecular formula is C13H12Co2O8. The molecule has 0 aromatic rings. The van der Waals surface area contributed by atoms with Gasteiger partial charge in [0.1, 0.15) is 0 Å². The molecule has 23 heavy (non-hydrogen) atoms. The summed E-state index contributed by atoms with van der Waals surface area (Å²) in [5, 5.41) is 0. The average Bonchev–Trinajstić information content (AvgIpc) is 2.65. The molecule has 0 saturated carbocycles. The molecule has 0 aromatic heterocycles. The van der Waals surface area contributed by atoms with E-state index in [9.17, 15) is 0 Å². The van der Waals surface area contributed by atoms with Gasteiger partial charge >= 0.3 is 67.8 Å². The van der Waals surface area contributed by atoms with Gasteiger partial charge in [0.05, 0.1) is 0 Å². The minimum absolute atomic E-state index is 0. The van der Waals surface area contributed by atoms with Crippen LogP contribution in [0.5, 0.6) is 0 Å². The molecule has 0 aliphatic rings. The quantitative estimate of drug-likeness (QED) is 0.291. The van der Waals surface area contributed by atoms with Gasteiger partial charge in [-0.2, -0.15) is 0 Å². The average molecular weight is 414 g/mol. The fourth-order valence-corrected chi connectivity index (χ4v) is 0.447. The van der Waals surface area contributed by atoms with E-state index in [2.05, 4.69) is 45.8 Å². The van der Waals surface area contributed by atoms with Gasteiger partial charge in [-0.05, 0) is 19.8 Å². The van der Waals surface area contributed by atoms with Crippen LogP contribution in [0.3, 0.4) is 0 Å². The summed E-state index contributed by atoms with van der Waals surface area (Å²) in [6.07, 6.45) is 4.59. The van der Waals surface area contributed by atoms with Crippen molar-refractivity contribution in [3.05, 3.63) is 39.9 Å². The molecule has 0 saturated heterocycles. The molecule has 0 aromatic carbocycles.